The van der Waals surface area contributed by atoms with Gasteiger partial charge >= 0.3 is 5.97 Å². The van der Waals surface area contributed by atoms with Gasteiger partial charge in [0, 0.05) is 17.0 Å². The molecule has 3 aromatic rings. The molecule has 1 N–H and O–H groups in total. The van der Waals surface area contributed by atoms with E-state index >= 15 is 0 Å². The fraction of sp³-hybridized carbons (Fsp3) is 0.150. The number of ether oxygens (including phenoxy) is 1. The summed E-state index contributed by atoms with van der Waals surface area (Å²) < 4.78 is 5.12. The monoisotopic (exact) mass is 402 g/mol. The van der Waals surface area contributed by atoms with Crippen molar-refractivity contribution >= 4 is 46.0 Å². The molecular formula is C20H16Cl2N2O3. The summed E-state index contributed by atoms with van der Waals surface area (Å²) in [5, 5.41) is 4.16. The fourth-order valence-corrected chi connectivity index (χ4v) is 3.02. The maximum absolute atomic E-state index is 12.3. The highest BCUT2D eigenvalue weighted by molar-refractivity contribution is 6.30. The Kier molecular flexibility index (Phi) is 6.27. The number of amides is 1. The second-order valence-corrected chi connectivity index (χ2v) is 6.64. The average Bonchev–Trinajstić information content (AvgIpc) is 2.65. The quantitative estimate of drug-likeness (QED) is 0.498. The van der Waals surface area contributed by atoms with E-state index in [1.807, 2.05) is 18.2 Å². The highest BCUT2D eigenvalue weighted by Crippen LogP contribution is 2.21. The summed E-state index contributed by atoms with van der Waals surface area (Å²) in [6, 6.07) is 15.9. The summed E-state index contributed by atoms with van der Waals surface area (Å²) in [6.07, 6.45) is 0.630. The number of carbonyl (C=O) groups is 2. The van der Waals surface area contributed by atoms with Crippen LogP contribution in [0.15, 0.2) is 54.6 Å². The van der Waals surface area contributed by atoms with Crippen molar-refractivity contribution in [1.29, 1.82) is 0 Å². The maximum Gasteiger partial charge on any atom is 0.339 e. The average molecular weight is 403 g/mol. The van der Waals surface area contributed by atoms with Crippen molar-refractivity contribution in [3.8, 4) is 0 Å². The number of hydrogen-bond acceptors (Lipinski definition) is 4. The lowest BCUT2D eigenvalue weighted by Gasteiger charge is -2.09. The van der Waals surface area contributed by atoms with Gasteiger partial charge in [-0.15, -0.1) is 0 Å². The first kappa shape index (κ1) is 19.1. The highest BCUT2D eigenvalue weighted by Gasteiger charge is 2.15. The molecule has 0 atom stereocenters. The van der Waals surface area contributed by atoms with Crippen LogP contribution in [-0.2, 0) is 16.0 Å². The van der Waals surface area contributed by atoms with Crippen LogP contribution in [0.4, 0.5) is 0 Å². The number of fused-ring (bicyclic) bond motifs is 1. The number of para-hydroxylation sites is 1. The Morgan fingerprint density at radius 3 is 2.67 bits per heavy atom. The van der Waals surface area contributed by atoms with Crippen LogP contribution >= 0.6 is 23.2 Å². The number of aromatic nitrogens is 1. The van der Waals surface area contributed by atoms with Crippen molar-refractivity contribution in [2.45, 2.75) is 6.42 Å². The zero-order valence-electron chi connectivity index (χ0n) is 14.2. The van der Waals surface area contributed by atoms with Crippen LogP contribution in [0, 0.1) is 0 Å². The Morgan fingerprint density at radius 2 is 1.85 bits per heavy atom. The zero-order valence-corrected chi connectivity index (χ0v) is 15.8. The summed E-state index contributed by atoms with van der Waals surface area (Å²) in [5.74, 6) is -1.00. The van der Waals surface area contributed by atoms with Crippen LogP contribution in [0.2, 0.25) is 10.2 Å². The Hall–Kier alpha value is -2.63. The molecule has 1 aromatic heterocycles. The molecular weight excluding hydrogens is 387 g/mol. The van der Waals surface area contributed by atoms with Gasteiger partial charge in [0.25, 0.3) is 5.91 Å². The van der Waals surface area contributed by atoms with E-state index in [0.717, 1.165) is 5.56 Å². The Morgan fingerprint density at radius 1 is 1.04 bits per heavy atom. The van der Waals surface area contributed by atoms with Gasteiger partial charge in [0.15, 0.2) is 6.61 Å². The molecule has 0 fully saturated rings. The summed E-state index contributed by atoms with van der Waals surface area (Å²) in [5.41, 5.74) is 1.87. The van der Waals surface area contributed by atoms with Crippen molar-refractivity contribution in [2.75, 3.05) is 13.2 Å². The van der Waals surface area contributed by atoms with Crippen molar-refractivity contribution in [3.05, 3.63) is 75.9 Å². The number of nitrogens with zero attached hydrogens (tertiary/aromatic N) is 1. The lowest BCUT2D eigenvalue weighted by atomic mass is 10.1. The van der Waals surface area contributed by atoms with Crippen LogP contribution in [-0.4, -0.2) is 30.0 Å². The molecule has 5 nitrogen and oxygen atoms in total. The third-order valence-electron chi connectivity index (χ3n) is 3.86. The number of rotatable bonds is 6. The third kappa shape index (κ3) is 5.18. The maximum atomic E-state index is 12.3. The molecule has 3 rings (SSSR count). The SMILES string of the molecule is O=C(COC(=O)c1cc(Cl)nc2ccccc12)NCCc1cccc(Cl)c1. The number of esters is 1. The van der Waals surface area contributed by atoms with E-state index in [9.17, 15) is 9.59 Å². The third-order valence-corrected chi connectivity index (χ3v) is 4.29. The van der Waals surface area contributed by atoms with E-state index in [0.29, 0.717) is 28.9 Å². The van der Waals surface area contributed by atoms with Crippen molar-refractivity contribution in [3.63, 3.8) is 0 Å². The number of nitrogens with one attached hydrogen (secondary N) is 1. The molecule has 1 amide bonds. The minimum absolute atomic E-state index is 0.187. The number of pyridine rings is 1. The topological polar surface area (TPSA) is 68.3 Å². The van der Waals surface area contributed by atoms with Crippen LogP contribution in [0.1, 0.15) is 15.9 Å². The highest BCUT2D eigenvalue weighted by atomic mass is 35.5. The van der Waals surface area contributed by atoms with Crippen LogP contribution in [0.3, 0.4) is 0 Å². The molecule has 0 spiro atoms. The number of hydrogen-bond donors (Lipinski definition) is 1. The molecule has 0 radical (unpaired) electrons. The van der Waals surface area contributed by atoms with E-state index in [1.54, 1.807) is 30.3 Å². The van der Waals surface area contributed by atoms with Gasteiger partial charge in [0.2, 0.25) is 0 Å². The normalized spacial score (nSPS) is 10.6. The predicted octanol–water partition coefficient (Wildman–Crippen LogP) is 4.06. The van der Waals surface area contributed by atoms with Crippen molar-refractivity contribution < 1.29 is 14.3 Å². The number of benzene rings is 2. The first-order valence-corrected chi connectivity index (χ1v) is 9.02. The molecule has 0 aliphatic rings. The smallest absolute Gasteiger partial charge is 0.339 e. The molecule has 0 aliphatic heterocycles. The molecule has 0 saturated heterocycles. The van der Waals surface area contributed by atoms with Crippen LogP contribution in [0.25, 0.3) is 10.9 Å². The van der Waals surface area contributed by atoms with Crippen LogP contribution in [0.5, 0.6) is 0 Å². The molecule has 27 heavy (non-hydrogen) atoms. The van der Waals surface area contributed by atoms with E-state index in [-0.39, 0.29) is 23.2 Å². The van der Waals surface area contributed by atoms with Gasteiger partial charge in [0.05, 0.1) is 11.1 Å². The van der Waals surface area contributed by atoms with Crippen LogP contribution < -0.4 is 5.32 Å². The van der Waals surface area contributed by atoms with E-state index in [1.165, 1.54) is 6.07 Å². The fourth-order valence-electron chi connectivity index (χ4n) is 2.61. The van der Waals surface area contributed by atoms with Crippen molar-refractivity contribution in [1.82, 2.24) is 10.3 Å². The standard InChI is InChI=1S/C20H16Cl2N2O3/c21-14-5-3-4-13(10-14)8-9-23-19(25)12-27-20(26)16-11-18(22)24-17-7-2-1-6-15(16)17/h1-7,10-11H,8-9,12H2,(H,23,25). The van der Waals surface area contributed by atoms with E-state index in [2.05, 4.69) is 10.3 Å². The number of halogens is 2. The summed E-state index contributed by atoms with van der Waals surface area (Å²) in [4.78, 5) is 28.4. The van der Waals surface area contributed by atoms with E-state index in [4.69, 9.17) is 27.9 Å². The molecule has 0 bridgehead atoms. The molecule has 0 saturated carbocycles. The largest absolute Gasteiger partial charge is 0.452 e. The van der Waals surface area contributed by atoms with Gasteiger partial charge < -0.3 is 10.1 Å². The van der Waals surface area contributed by atoms with Gasteiger partial charge in [-0.25, -0.2) is 9.78 Å². The molecule has 138 valence electrons. The second kappa shape index (κ2) is 8.84. The first-order valence-electron chi connectivity index (χ1n) is 8.26. The Labute approximate surface area is 166 Å². The second-order valence-electron chi connectivity index (χ2n) is 5.82. The lowest BCUT2D eigenvalue weighted by molar-refractivity contribution is -0.124. The Balaban J connectivity index is 1.54. The summed E-state index contributed by atoms with van der Waals surface area (Å²) >= 11 is 11.9. The minimum Gasteiger partial charge on any atom is -0.452 e. The lowest BCUT2D eigenvalue weighted by Crippen LogP contribution is -2.30. The Bertz CT molecular complexity index is 992. The van der Waals surface area contributed by atoms with Crippen molar-refractivity contribution in [2.24, 2.45) is 0 Å². The van der Waals surface area contributed by atoms with Gasteiger partial charge in [-0.05, 0) is 36.2 Å². The van der Waals surface area contributed by atoms with Gasteiger partial charge in [-0.3, -0.25) is 4.79 Å². The molecule has 1 heterocycles. The molecule has 7 heteroatoms. The first-order chi connectivity index (χ1) is 13.0. The van der Waals surface area contributed by atoms with Gasteiger partial charge in [0.1, 0.15) is 5.15 Å². The van der Waals surface area contributed by atoms with Gasteiger partial charge in [-0.2, -0.15) is 0 Å². The molecule has 0 unspecified atom stereocenters. The number of carbonyl (C=O) groups excluding carboxylic acids is 2. The van der Waals surface area contributed by atoms with Gasteiger partial charge in [-0.1, -0.05) is 53.5 Å². The molecule has 2 aromatic carbocycles. The summed E-state index contributed by atoms with van der Waals surface area (Å²) in [7, 11) is 0. The zero-order chi connectivity index (χ0) is 19.2. The van der Waals surface area contributed by atoms with E-state index < -0.39 is 5.97 Å². The summed E-state index contributed by atoms with van der Waals surface area (Å²) in [6.45, 7) is 0.0450. The molecule has 0 aliphatic carbocycles. The minimum atomic E-state index is -0.625. The predicted molar refractivity (Wildman–Crippen MR) is 105 cm³/mol.